The maximum atomic E-state index is 13.5. The van der Waals surface area contributed by atoms with E-state index in [1.54, 1.807) is 0 Å². The fourth-order valence-corrected chi connectivity index (χ4v) is 3.74. The van der Waals surface area contributed by atoms with Crippen molar-refractivity contribution >= 4 is 15.9 Å². The second-order valence-corrected chi connectivity index (χ2v) is 6.30. The van der Waals surface area contributed by atoms with E-state index in [1.165, 1.54) is 0 Å². The van der Waals surface area contributed by atoms with Gasteiger partial charge in [0.2, 0.25) is 0 Å². The predicted molar refractivity (Wildman–Crippen MR) is 70.3 cm³/mol. The molecule has 1 saturated heterocycles. The zero-order valence-electron chi connectivity index (χ0n) is 10.7. The summed E-state index contributed by atoms with van der Waals surface area (Å²) in [5.41, 5.74) is -0.311. The Morgan fingerprint density at radius 3 is 2.75 bits per heavy atom. The van der Waals surface area contributed by atoms with E-state index >= 15 is 0 Å². The van der Waals surface area contributed by atoms with Gasteiger partial charge in [-0.2, -0.15) is 12.7 Å². The molecule has 1 unspecified atom stereocenters. The van der Waals surface area contributed by atoms with Crippen molar-refractivity contribution in [3.63, 3.8) is 0 Å². The maximum absolute atomic E-state index is 13.5. The van der Waals surface area contributed by atoms with E-state index in [1.807, 2.05) is 0 Å². The summed E-state index contributed by atoms with van der Waals surface area (Å²) in [5.74, 6) is -1.76. The molecule has 1 aliphatic rings. The third-order valence-corrected chi connectivity index (χ3v) is 4.84. The molecule has 0 radical (unpaired) electrons. The molecule has 2 N–H and O–H groups in total. The molecule has 8 heteroatoms. The zero-order valence-corrected chi connectivity index (χ0v) is 11.5. The summed E-state index contributed by atoms with van der Waals surface area (Å²) >= 11 is 0. The monoisotopic (exact) mass is 306 g/mol. The Balaban J connectivity index is 2.21. The van der Waals surface area contributed by atoms with E-state index in [4.69, 9.17) is 0 Å². The van der Waals surface area contributed by atoms with Crippen molar-refractivity contribution in [2.24, 2.45) is 0 Å². The lowest BCUT2D eigenvalue weighted by Crippen LogP contribution is -2.48. The smallest absolute Gasteiger partial charge is 0.302 e. The van der Waals surface area contributed by atoms with Gasteiger partial charge in [0.1, 0.15) is 11.6 Å². The van der Waals surface area contributed by atoms with Crippen LogP contribution in [0.4, 0.5) is 14.5 Å². The van der Waals surface area contributed by atoms with Gasteiger partial charge in [-0.25, -0.2) is 8.78 Å². The minimum absolute atomic E-state index is 0.267. The van der Waals surface area contributed by atoms with Crippen molar-refractivity contribution in [3.8, 4) is 0 Å². The van der Waals surface area contributed by atoms with Gasteiger partial charge in [-0.1, -0.05) is 6.42 Å². The summed E-state index contributed by atoms with van der Waals surface area (Å²) in [6.45, 7) is -0.0177. The van der Waals surface area contributed by atoms with Crippen LogP contribution < -0.4 is 4.72 Å². The van der Waals surface area contributed by atoms with Crippen LogP contribution in [0.3, 0.4) is 0 Å². The van der Waals surface area contributed by atoms with Crippen molar-refractivity contribution in [3.05, 3.63) is 29.8 Å². The number of halogens is 2. The van der Waals surface area contributed by atoms with Gasteiger partial charge in [0, 0.05) is 18.7 Å². The first-order chi connectivity index (χ1) is 9.44. The lowest BCUT2D eigenvalue weighted by molar-refractivity contribution is 0.156. The van der Waals surface area contributed by atoms with Gasteiger partial charge in [0.25, 0.3) is 0 Å². The maximum Gasteiger partial charge on any atom is 0.302 e. The van der Waals surface area contributed by atoms with Crippen molar-refractivity contribution in [1.82, 2.24) is 4.31 Å². The normalized spacial score (nSPS) is 20.9. The minimum atomic E-state index is -3.97. The Labute approximate surface area is 116 Å². The van der Waals surface area contributed by atoms with Gasteiger partial charge >= 0.3 is 10.2 Å². The molecule has 1 heterocycles. The van der Waals surface area contributed by atoms with Crippen LogP contribution in [-0.2, 0) is 10.2 Å². The molecule has 0 spiro atoms. The molecule has 1 aromatic carbocycles. The Morgan fingerprint density at radius 1 is 1.35 bits per heavy atom. The summed E-state index contributed by atoms with van der Waals surface area (Å²) < 4.78 is 53.9. The van der Waals surface area contributed by atoms with Crippen molar-refractivity contribution in [2.75, 3.05) is 17.9 Å². The van der Waals surface area contributed by atoms with Crippen molar-refractivity contribution < 1.29 is 22.3 Å². The number of anilines is 1. The highest BCUT2D eigenvalue weighted by Gasteiger charge is 2.32. The zero-order chi connectivity index (χ0) is 14.8. The van der Waals surface area contributed by atoms with Crippen LogP contribution in [0.2, 0.25) is 0 Å². The quantitative estimate of drug-likeness (QED) is 0.885. The lowest BCUT2D eigenvalue weighted by Gasteiger charge is -2.33. The number of nitrogens with zero attached hydrogens (tertiary/aromatic N) is 1. The summed E-state index contributed by atoms with van der Waals surface area (Å²) in [5, 5.41) is 9.22. The highest BCUT2D eigenvalue weighted by Crippen LogP contribution is 2.23. The summed E-state index contributed by atoms with van der Waals surface area (Å²) in [7, 11) is -3.97. The molecule has 1 aromatic rings. The number of aliphatic hydroxyl groups excluding tert-OH is 1. The third-order valence-electron chi connectivity index (χ3n) is 3.26. The van der Waals surface area contributed by atoms with Gasteiger partial charge in [0.05, 0.1) is 12.3 Å². The van der Waals surface area contributed by atoms with Crippen LogP contribution in [-0.4, -0.2) is 37.0 Å². The predicted octanol–water partition coefficient (Wildman–Crippen LogP) is 1.47. The molecule has 2 rings (SSSR count). The first-order valence-electron chi connectivity index (χ1n) is 6.29. The largest absolute Gasteiger partial charge is 0.395 e. The topological polar surface area (TPSA) is 69.6 Å². The number of hydrogen-bond acceptors (Lipinski definition) is 3. The fourth-order valence-electron chi connectivity index (χ4n) is 2.24. The molecule has 0 saturated carbocycles. The van der Waals surface area contributed by atoms with Crippen LogP contribution in [0.1, 0.15) is 19.3 Å². The molecule has 1 atom stereocenters. The molecule has 0 amide bonds. The van der Waals surface area contributed by atoms with Gasteiger partial charge in [0.15, 0.2) is 0 Å². The van der Waals surface area contributed by atoms with Crippen LogP contribution >= 0.6 is 0 Å². The van der Waals surface area contributed by atoms with E-state index < -0.39 is 27.9 Å². The van der Waals surface area contributed by atoms with E-state index in [-0.39, 0.29) is 18.8 Å². The van der Waals surface area contributed by atoms with E-state index in [0.29, 0.717) is 18.9 Å². The molecular weight excluding hydrogens is 290 g/mol. The molecule has 112 valence electrons. The third kappa shape index (κ3) is 3.25. The molecule has 5 nitrogen and oxygen atoms in total. The summed E-state index contributed by atoms with van der Waals surface area (Å²) in [6, 6.07) is 2.10. The number of nitrogens with one attached hydrogen (secondary N) is 1. The molecular formula is C12H16F2N2O3S. The van der Waals surface area contributed by atoms with E-state index in [0.717, 1.165) is 22.9 Å². The molecule has 1 fully saturated rings. The second kappa shape index (κ2) is 6.02. The summed E-state index contributed by atoms with van der Waals surface area (Å²) in [4.78, 5) is 0. The first kappa shape index (κ1) is 15.1. The molecule has 0 aliphatic carbocycles. The standard InChI is InChI=1S/C12H16F2N2O3S/c13-9-4-5-12(11(14)7-9)15-20(18,19)16-6-2-1-3-10(16)8-17/h4-5,7,10,15,17H,1-3,6,8H2. The number of aliphatic hydroxyl groups is 1. The number of piperidine rings is 1. The Hall–Kier alpha value is -1.25. The van der Waals surface area contributed by atoms with E-state index in [2.05, 4.69) is 4.72 Å². The van der Waals surface area contributed by atoms with Crippen LogP contribution in [0, 0.1) is 11.6 Å². The SMILES string of the molecule is O=S(=O)(Nc1ccc(F)cc1F)N1CCCCC1CO. The second-order valence-electron chi connectivity index (χ2n) is 4.67. The Bertz CT molecular complexity index is 580. The summed E-state index contributed by atoms with van der Waals surface area (Å²) in [6.07, 6.45) is 2.08. The lowest BCUT2D eigenvalue weighted by atomic mass is 10.1. The molecule has 0 bridgehead atoms. The highest BCUT2D eigenvalue weighted by atomic mass is 32.2. The average Bonchev–Trinajstić information content (AvgIpc) is 2.42. The van der Waals surface area contributed by atoms with E-state index in [9.17, 15) is 22.3 Å². The number of benzene rings is 1. The highest BCUT2D eigenvalue weighted by molar-refractivity contribution is 7.90. The Kier molecular flexibility index (Phi) is 4.56. The average molecular weight is 306 g/mol. The van der Waals surface area contributed by atoms with Gasteiger partial charge in [-0.15, -0.1) is 0 Å². The minimum Gasteiger partial charge on any atom is -0.395 e. The van der Waals surface area contributed by atoms with Crippen LogP contribution in [0.25, 0.3) is 0 Å². The molecule has 1 aliphatic heterocycles. The van der Waals surface area contributed by atoms with Crippen molar-refractivity contribution in [1.29, 1.82) is 0 Å². The number of rotatable bonds is 4. The van der Waals surface area contributed by atoms with Gasteiger partial charge < -0.3 is 5.11 Å². The molecule has 20 heavy (non-hydrogen) atoms. The van der Waals surface area contributed by atoms with Crippen LogP contribution in [0.15, 0.2) is 18.2 Å². The molecule has 0 aromatic heterocycles. The van der Waals surface area contributed by atoms with Crippen LogP contribution in [0.5, 0.6) is 0 Å². The Morgan fingerprint density at radius 2 is 2.10 bits per heavy atom. The van der Waals surface area contributed by atoms with Crippen molar-refractivity contribution in [2.45, 2.75) is 25.3 Å². The number of hydrogen-bond donors (Lipinski definition) is 2. The fraction of sp³-hybridized carbons (Fsp3) is 0.500. The first-order valence-corrected chi connectivity index (χ1v) is 7.73. The van der Waals surface area contributed by atoms with Gasteiger partial charge in [-0.05, 0) is 25.0 Å². The van der Waals surface area contributed by atoms with Gasteiger partial charge in [-0.3, -0.25) is 4.72 Å².